The average molecular weight is 536 g/mol. The van der Waals surface area contributed by atoms with Crippen molar-refractivity contribution in [2.75, 3.05) is 58.0 Å². The number of aliphatic hydroxyl groups excluding tert-OH is 2. The van der Waals surface area contributed by atoms with Gasteiger partial charge in [-0.1, -0.05) is 0 Å². The van der Waals surface area contributed by atoms with Crippen LogP contribution in [0.15, 0.2) is 48.7 Å². The molecule has 1 spiro atoms. The summed E-state index contributed by atoms with van der Waals surface area (Å²) in [5.74, 6) is 1.89. The van der Waals surface area contributed by atoms with Crippen LogP contribution in [0.5, 0.6) is 17.2 Å². The maximum Gasteiger partial charge on any atom is 0.415 e. The number of benzene rings is 2. The SMILES string of the molecule is COc1ccc2nccc([C@H](O)CN3CC[C@@]4(CN(c5ccc6c(c5)OCCO6)C(=O)O4)[C@H](CCO)C3)c2c1. The molecular weight excluding hydrogens is 502 g/mol. The van der Waals surface area contributed by atoms with Crippen LogP contribution < -0.4 is 19.1 Å². The lowest BCUT2D eigenvalue weighted by Crippen LogP contribution is -2.55. The Labute approximate surface area is 226 Å². The summed E-state index contributed by atoms with van der Waals surface area (Å²) in [5.41, 5.74) is 1.56. The van der Waals surface area contributed by atoms with Crippen molar-refractivity contribution < 1.29 is 34.0 Å². The molecule has 39 heavy (non-hydrogen) atoms. The second kappa shape index (κ2) is 10.5. The molecule has 0 bridgehead atoms. The number of aromatic nitrogens is 1. The molecule has 10 heteroatoms. The molecular formula is C29H33N3O7. The Balaban J connectivity index is 1.18. The molecule has 0 saturated carbocycles. The van der Waals surface area contributed by atoms with E-state index in [1.165, 1.54) is 0 Å². The first-order valence-electron chi connectivity index (χ1n) is 13.3. The van der Waals surface area contributed by atoms with Gasteiger partial charge in [0.05, 0.1) is 31.0 Å². The largest absolute Gasteiger partial charge is 0.497 e. The number of rotatable bonds is 7. The topological polar surface area (TPSA) is 114 Å². The van der Waals surface area contributed by atoms with Gasteiger partial charge in [-0.3, -0.25) is 14.8 Å². The average Bonchev–Trinajstić information content (AvgIpc) is 3.30. The van der Waals surface area contributed by atoms with E-state index in [9.17, 15) is 15.0 Å². The Hall–Kier alpha value is -3.60. The first-order valence-corrected chi connectivity index (χ1v) is 13.3. The van der Waals surface area contributed by atoms with Gasteiger partial charge in [0.1, 0.15) is 24.6 Å². The fourth-order valence-electron chi connectivity index (χ4n) is 6.04. The van der Waals surface area contributed by atoms with Crippen molar-refractivity contribution in [3.63, 3.8) is 0 Å². The van der Waals surface area contributed by atoms with Gasteiger partial charge in [0.15, 0.2) is 11.5 Å². The number of pyridine rings is 1. The normalized spacial score (nSPS) is 23.7. The molecule has 0 radical (unpaired) electrons. The van der Waals surface area contributed by atoms with E-state index in [0.29, 0.717) is 75.2 Å². The second-order valence-corrected chi connectivity index (χ2v) is 10.4. The van der Waals surface area contributed by atoms with Gasteiger partial charge in [-0.15, -0.1) is 0 Å². The summed E-state index contributed by atoms with van der Waals surface area (Å²) in [7, 11) is 1.61. The lowest BCUT2D eigenvalue weighted by Gasteiger charge is -2.44. The van der Waals surface area contributed by atoms with Crippen LogP contribution in [0.3, 0.4) is 0 Å². The van der Waals surface area contributed by atoms with E-state index in [4.69, 9.17) is 18.9 Å². The van der Waals surface area contributed by atoms with Crippen LogP contribution in [-0.2, 0) is 4.74 Å². The molecule has 3 aliphatic rings. The lowest BCUT2D eigenvalue weighted by molar-refractivity contribution is -0.0622. The third-order valence-corrected chi connectivity index (χ3v) is 8.10. The van der Waals surface area contributed by atoms with Gasteiger partial charge in [-0.25, -0.2) is 4.79 Å². The van der Waals surface area contributed by atoms with Gasteiger partial charge in [-0.05, 0) is 48.4 Å². The van der Waals surface area contributed by atoms with Crippen LogP contribution in [0.1, 0.15) is 24.5 Å². The number of amides is 1. The second-order valence-electron chi connectivity index (χ2n) is 10.4. The highest BCUT2D eigenvalue weighted by Crippen LogP contribution is 2.43. The summed E-state index contributed by atoms with van der Waals surface area (Å²) in [4.78, 5) is 21.3. The van der Waals surface area contributed by atoms with Gasteiger partial charge in [0.2, 0.25) is 0 Å². The molecule has 3 aliphatic heterocycles. The van der Waals surface area contributed by atoms with Crippen molar-refractivity contribution in [1.29, 1.82) is 0 Å². The highest BCUT2D eigenvalue weighted by Gasteiger charge is 2.53. The van der Waals surface area contributed by atoms with Crippen molar-refractivity contribution in [1.82, 2.24) is 9.88 Å². The van der Waals surface area contributed by atoms with Gasteiger partial charge in [-0.2, -0.15) is 0 Å². The number of anilines is 1. The summed E-state index contributed by atoms with van der Waals surface area (Å²) in [6.07, 6.45) is 1.65. The number of β-amino-alcohol motifs (C(OH)–C–C–N with tert-alkyl or cyclic N) is 1. The zero-order valence-electron chi connectivity index (χ0n) is 21.9. The smallest absolute Gasteiger partial charge is 0.415 e. The highest BCUT2D eigenvalue weighted by atomic mass is 16.6. The summed E-state index contributed by atoms with van der Waals surface area (Å²) in [6, 6.07) is 12.9. The maximum absolute atomic E-state index is 13.1. The molecule has 2 saturated heterocycles. The Morgan fingerprint density at radius 1 is 1.15 bits per heavy atom. The fourth-order valence-corrected chi connectivity index (χ4v) is 6.04. The molecule has 2 aromatic carbocycles. The molecule has 3 aromatic rings. The van der Waals surface area contributed by atoms with Crippen molar-refractivity contribution in [2.45, 2.75) is 24.5 Å². The lowest BCUT2D eigenvalue weighted by atomic mass is 9.78. The minimum absolute atomic E-state index is 0.0147. The summed E-state index contributed by atoms with van der Waals surface area (Å²) in [6.45, 7) is 2.99. The predicted octanol–water partition coefficient (Wildman–Crippen LogP) is 3.15. The molecule has 1 amide bonds. The van der Waals surface area contributed by atoms with Crippen LogP contribution in [0.4, 0.5) is 10.5 Å². The third kappa shape index (κ3) is 4.84. The molecule has 2 fully saturated rings. The number of piperidine rings is 1. The van der Waals surface area contributed by atoms with E-state index in [2.05, 4.69) is 9.88 Å². The fraction of sp³-hybridized carbons (Fsp3) is 0.448. The molecule has 6 rings (SSSR count). The van der Waals surface area contributed by atoms with Gasteiger partial charge in [0.25, 0.3) is 0 Å². The highest BCUT2D eigenvalue weighted by molar-refractivity contribution is 5.91. The monoisotopic (exact) mass is 535 g/mol. The van der Waals surface area contributed by atoms with Crippen LogP contribution in [0, 0.1) is 5.92 Å². The quantitative estimate of drug-likeness (QED) is 0.471. The standard InChI is InChI=1S/C29H33N3O7/c1-36-21-3-4-24-23(15-21)22(6-9-30-24)25(34)17-31-10-8-29(19(16-31)7-11-33)18-32(28(35)39-29)20-2-5-26-27(14-20)38-13-12-37-26/h2-6,9,14-15,19,25,33-34H,7-8,10-13,16-18H2,1H3/t19-,25-,29-/m1/s1. The van der Waals surface area contributed by atoms with E-state index in [1.807, 2.05) is 42.5 Å². The van der Waals surface area contributed by atoms with Crippen LogP contribution in [0.2, 0.25) is 0 Å². The number of aliphatic hydroxyl groups is 2. The van der Waals surface area contributed by atoms with E-state index in [1.54, 1.807) is 18.2 Å². The minimum Gasteiger partial charge on any atom is -0.497 e. The number of methoxy groups -OCH3 is 1. The maximum atomic E-state index is 13.1. The zero-order valence-corrected chi connectivity index (χ0v) is 21.9. The van der Waals surface area contributed by atoms with E-state index in [0.717, 1.165) is 16.5 Å². The van der Waals surface area contributed by atoms with Crippen LogP contribution in [-0.4, -0.2) is 84.9 Å². The zero-order chi connectivity index (χ0) is 27.0. The van der Waals surface area contributed by atoms with Crippen molar-refractivity contribution in [3.05, 3.63) is 54.2 Å². The Bertz CT molecular complexity index is 1370. The first kappa shape index (κ1) is 25.7. The number of carbonyl (C=O) groups is 1. The third-order valence-electron chi connectivity index (χ3n) is 8.10. The van der Waals surface area contributed by atoms with E-state index in [-0.39, 0.29) is 12.5 Å². The molecule has 1 aromatic heterocycles. The number of fused-ring (bicyclic) bond motifs is 2. The van der Waals surface area contributed by atoms with Gasteiger partial charge in [0, 0.05) is 56.2 Å². The van der Waals surface area contributed by atoms with Gasteiger partial charge < -0.3 is 29.2 Å². The molecule has 2 N–H and O–H groups in total. The number of hydrogen-bond acceptors (Lipinski definition) is 9. The summed E-state index contributed by atoms with van der Waals surface area (Å²) in [5, 5.41) is 22.0. The van der Waals surface area contributed by atoms with Crippen molar-refractivity contribution in [3.8, 4) is 17.2 Å². The Morgan fingerprint density at radius 2 is 2.00 bits per heavy atom. The molecule has 206 valence electrons. The Morgan fingerprint density at radius 3 is 2.82 bits per heavy atom. The molecule has 4 heterocycles. The number of nitrogens with zero attached hydrogens (tertiary/aromatic N) is 3. The van der Waals surface area contributed by atoms with Gasteiger partial charge >= 0.3 is 6.09 Å². The molecule has 0 unspecified atom stereocenters. The van der Waals surface area contributed by atoms with Crippen molar-refractivity contribution >= 4 is 22.7 Å². The summed E-state index contributed by atoms with van der Waals surface area (Å²) >= 11 is 0. The van der Waals surface area contributed by atoms with Crippen LogP contribution in [0.25, 0.3) is 10.9 Å². The number of ether oxygens (including phenoxy) is 4. The molecule has 0 aliphatic carbocycles. The van der Waals surface area contributed by atoms with E-state index < -0.39 is 17.8 Å². The van der Waals surface area contributed by atoms with Crippen LogP contribution >= 0.6 is 0 Å². The number of hydrogen-bond donors (Lipinski definition) is 2. The minimum atomic E-state index is -0.744. The molecule has 3 atom stereocenters. The number of carbonyl (C=O) groups excluding carboxylic acids is 1. The van der Waals surface area contributed by atoms with E-state index >= 15 is 0 Å². The van der Waals surface area contributed by atoms with Crippen molar-refractivity contribution in [2.24, 2.45) is 5.92 Å². The number of likely N-dealkylation sites (tertiary alicyclic amines) is 1. The molecule has 10 nitrogen and oxygen atoms in total. The predicted molar refractivity (Wildman–Crippen MR) is 143 cm³/mol. The summed E-state index contributed by atoms with van der Waals surface area (Å²) < 4.78 is 22.8. The first-order chi connectivity index (χ1) is 19.0. The Kier molecular flexibility index (Phi) is 6.92.